The molecule has 0 unspecified atom stereocenters. The van der Waals surface area contributed by atoms with Gasteiger partial charge in [-0.3, -0.25) is 4.79 Å². The Hall–Kier alpha value is -1.96. The van der Waals surface area contributed by atoms with Gasteiger partial charge in [-0.25, -0.2) is 4.79 Å². The number of anilines is 1. The smallest absolute Gasteiger partial charge is 0.416 e. The summed E-state index contributed by atoms with van der Waals surface area (Å²) in [6.07, 6.45) is -3.66. The fourth-order valence-electron chi connectivity index (χ4n) is 2.32. The highest BCUT2D eigenvalue weighted by Crippen LogP contribution is 2.34. The number of halogens is 4. The molecule has 1 aromatic carbocycles. The fourth-order valence-corrected chi connectivity index (χ4v) is 2.56. The van der Waals surface area contributed by atoms with Crippen molar-refractivity contribution in [3.8, 4) is 0 Å². The molecule has 1 fully saturated rings. The zero-order valence-electron chi connectivity index (χ0n) is 15.2. The average Bonchev–Trinajstić information content (AvgIpc) is 3.35. The van der Waals surface area contributed by atoms with Crippen LogP contribution >= 0.6 is 11.6 Å². The van der Waals surface area contributed by atoms with Gasteiger partial charge in [-0.05, 0) is 43.9 Å². The molecule has 0 radical (unpaired) electrons. The molecule has 0 bridgehead atoms. The number of amides is 1. The van der Waals surface area contributed by atoms with Crippen LogP contribution in [0, 0.1) is 5.92 Å². The van der Waals surface area contributed by atoms with Gasteiger partial charge in [0.25, 0.3) is 5.91 Å². The Balaban J connectivity index is 2.06. The van der Waals surface area contributed by atoms with E-state index in [1.807, 2.05) is 0 Å². The predicted molar refractivity (Wildman–Crippen MR) is 95.4 cm³/mol. The summed E-state index contributed by atoms with van der Waals surface area (Å²) in [5.74, 6) is -1.31. The fraction of sp³-hybridized carbons (Fsp3) is 0.556. The third kappa shape index (κ3) is 6.02. The maximum atomic E-state index is 12.7. The summed E-state index contributed by atoms with van der Waals surface area (Å²) >= 11 is 5.93. The van der Waals surface area contributed by atoms with Gasteiger partial charge in [-0.1, -0.05) is 25.4 Å². The standard InChI is InChI=1S/C18H22ClF3N2O3/c1-9(2)15(17(26)27-10(3)16(25)23-12-5-6-12)24-14-7-4-11(8-13(14)19)18(20,21)22/h4,7-10,12,15,24H,5-6H2,1-3H3,(H,23,25)/t10-,15+/m1/s1. The molecular weight excluding hydrogens is 385 g/mol. The second-order valence-corrected chi connectivity index (χ2v) is 7.33. The van der Waals surface area contributed by atoms with E-state index in [-0.39, 0.29) is 28.6 Å². The van der Waals surface area contributed by atoms with Gasteiger partial charge >= 0.3 is 12.1 Å². The molecular formula is C18H22ClF3N2O3. The molecule has 1 saturated carbocycles. The predicted octanol–water partition coefficient (Wildman–Crippen LogP) is 4.01. The molecule has 1 aliphatic carbocycles. The number of alkyl halides is 3. The number of ether oxygens (including phenoxy) is 1. The number of hydrogen-bond acceptors (Lipinski definition) is 4. The van der Waals surface area contributed by atoms with Crippen molar-refractivity contribution in [1.82, 2.24) is 5.32 Å². The lowest BCUT2D eigenvalue weighted by Crippen LogP contribution is -2.42. The van der Waals surface area contributed by atoms with Crippen molar-refractivity contribution in [3.05, 3.63) is 28.8 Å². The molecule has 150 valence electrons. The van der Waals surface area contributed by atoms with Gasteiger partial charge < -0.3 is 15.4 Å². The third-order valence-electron chi connectivity index (χ3n) is 4.11. The summed E-state index contributed by atoms with van der Waals surface area (Å²) in [5, 5.41) is 5.40. The van der Waals surface area contributed by atoms with Gasteiger partial charge in [0.05, 0.1) is 16.3 Å². The van der Waals surface area contributed by atoms with Crippen LogP contribution in [0.5, 0.6) is 0 Å². The molecule has 5 nitrogen and oxygen atoms in total. The Morgan fingerprint density at radius 3 is 2.33 bits per heavy atom. The minimum atomic E-state index is -4.51. The first-order valence-electron chi connectivity index (χ1n) is 8.63. The van der Waals surface area contributed by atoms with Gasteiger partial charge in [-0.15, -0.1) is 0 Å². The summed E-state index contributed by atoms with van der Waals surface area (Å²) in [6.45, 7) is 4.95. The van der Waals surface area contributed by atoms with E-state index >= 15 is 0 Å². The number of esters is 1. The lowest BCUT2D eigenvalue weighted by Gasteiger charge is -2.24. The second-order valence-electron chi connectivity index (χ2n) is 6.92. The molecule has 2 N–H and O–H groups in total. The number of carbonyl (C=O) groups is 2. The molecule has 9 heteroatoms. The topological polar surface area (TPSA) is 67.4 Å². The van der Waals surface area contributed by atoms with Crippen molar-refractivity contribution in [2.45, 2.75) is 58.0 Å². The maximum Gasteiger partial charge on any atom is 0.416 e. The van der Waals surface area contributed by atoms with Gasteiger partial charge in [-0.2, -0.15) is 13.2 Å². The van der Waals surface area contributed by atoms with E-state index < -0.39 is 29.9 Å². The first-order valence-corrected chi connectivity index (χ1v) is 9.01. The summed E-state index contributed by atoms with van der Waals surface area (Å²) in [4.78, 5) is 24.4. The Bertz CT molecular complexity index is 706. The molecule has 1 aromatic rings. The van der Waals surface area contributed by atoms with E-state index in [4.69, 9.17) is 16.3 Å². The summed E-state index contributed by atoms with van der Waals surface area (Å²) in [6, 6.07) is 2.09. The maximum absolute atomic E-state index is 12.7. The average molecular weight is 407 g/mol. The molecule has 2 atom stereocenters. The van der Waals surface area contributed by atoms with Crippen LogP contribution < -0.4 is 10.6 Å². The van der Waals surface area contributed by atoms with Crippen molar-refractivity contribution < 1.29 is 27.5 Å². The van der Waals surface area contributed by atoms with E-state index in [2.05, 4.69) is 10.6 Å². The highest BCUT2D eigenvalue weighted by atomic mass is 35.5. The molecule has 0 heterocycles. The van der Waals surface area contributed by atoms with Gasteiger partial charge in [0.1, 0.15) is 6.04 Å². The van der Waals surface area contributed by atoms with Crippen molar-refractivity contribution >= 4 is 29.2 Å². The number of carbonyl (C=O) groups excluding carboxylic acids is 2. The van der Waals surface area contributed by atoms with Crippen LogP contribution in [0.25, 0.3) is 0 Å². The number of nitrogens with one attached hydrogen (secondary N) is 2. The minimum Gasteiger partial charge on any atom is -0.451 e. The van der Waals surface area contributed by atoms with Crippen LogP contribution in [0.4, 0.5) is 18.9 Å². The third-order valence-corrected chi connectivity index (χ3v) is 4.43. The lowest BCUT2D eigenvalue weighted by atomic mass is 10.0. The van der Waals surface area contributed by atoms with Crippen LogP contribution in [0.3, 0.4) is 0 Å². The van der Waals surface area contributed by atoms with Crippen molar-refractivity contribution in [2.75, 3.05) is 5.32 Å². The van der Waals surface area contributed by atoms with E-state index in [0.717, 1.165) is 31.0 Å². The Labute approximate surface area is 160 Å². The number of benzene rings is 1. The Kier molecular flexibility index (Phi) is 6.62. The van der Waals surface area contributed by atoms with E-state index in [0.29, 0.717) is 0 Å². The molecule has 0 aliphatic heterocycles. The second kappa shape index (κ2) is 8.37. The van der Waals surface area contributed by atoms with Crippen LogP contribution in [0.15, 0.2) is 18.2 Å². The lowest BCUT2D eigenvalue weighted by molar-refractivity contribution is -0.156. The van der Waals surface area contributed by atoms with Crippen LogP contribution in [-0.2, 0) is 20.5 Å². The van der Waals surface area contributed by atoms with E-state index in [9.17, 15) is 22.8 Å². The zero-order chi connectivity index (χ0) is 20.4. The molecule has 0 aromatic heterocycles. The number of rotatable bonds is 7. The zero-order valence-corrected chi connectivity index (χ0v) is 15.9. The van der Waals surface area contributed by atoms with Crippen molar-refractivity contribution in [3.63, 3.8) is 0 Å². The van der Waals surface area contributed by atoms with Crippen LogP contribution in [0.2, 0.25) is 5.02 Å². The SMILES string of the molecule is CC(C)[C@H](Nc1ccc(C(F)(F)F)cc1Cl)C(=O)O[C@H](C)C(=O)NC1CC1. The largest absolute Gasteiger partial charge is 0.451 e. The normalized spacial score (nSPS) is 16.6. The highest BCUT2D eigenvalue weighted by Gasteiger charge is 2.33. The van der Waals surface area contributed by atoms with E-state index in [1.54, 1.807) is 13.8 Å². The van der Waals surface area contributed by atoms with Gasteiger partial charge in [0, 0.05) is 6.04 Å². The summed E-state index contributed by atoms with van der Waals surface area (Å²) in [5.41, 5.74) is -0.706. The van der Waals surface area contributed by atoms with Gasteiger partial charge in [0.15, 0.2) is 6.10 Å². The highest BCUT2D eigenvalue weighted by molar-refractivity contribution is 6.33. The molecule has 0 saturated heterocycles. The molecule has 2 rings (SSSR count). The molecule has 1 aliphatic rings. The quantitative estimate of drug-likeness (QED) is 0.671. The first-order chi connectivity index (χ1) is 12.5. The monoisotopic (exact) mass is 406 g/mol. The molecule has 0 spiro atoms. The number of hydrogen-bond donors (Lipinski definition) is 2. The van der Waals surface area contributed by atoms with Crippen LogP contribution in [-0.4, -0.2) is 30.1 Å². The first kappa shape index (κ1) is 21.3. The Morgan fingerprint density at radius 2 is 1.85 bits per heavy atom. The van der Waals surface area contributed by atoms with Gasteiger partial charge in [0.2, 0.25) is 0 Å². The minimum absolute atomic E-state index is 0.142. The van der Waals surface area contributed by atoms with Crippen LogP contribution in [0.1, 0.15) is 39.2 Å². The van der Waals surface area contributed by atoms with Crippen molar-refractivity contribution in [2.24, 2.45) is 5.92 Å². The van der Waals surface area contributed by atoms with Crippen molar-refractivity contribution in [1.29, 1.82) is 0 Å². The Morgan fingerprint density at radius 1 is 1.22 bits per heavy atom. The summed E-state index contributed by atoms with van der Waals surface area (Å²) in [7, 11) is 0. The summed E-state index contributed by atoms with van der Waals surface area (Å²) < 4.78 is 43.4. The molecule has 1 amide bonds. The van der Waals surface area contributed by atoms with E-state index in [1.165, 1.54) is 6.92 Å². The molecule has 27 heavy (non-hydrogen) atoms.